The van der Waals surface area contributed by atoms with Crippen LogP contribution in [-0.2, 0) is 4.18 Å². The molecular weight excluding hydrogens is 176 g/mol. The lowest BCUT2D eigenvalue weighted by Crippen LogP contribution is -1.99. The summed E-state index contributed by atoms with van der Waals surface area (Å²) in [4.78, 5) is 0.413. The summed E-state index contributed by atoms with van der Waals surface area (Å²) in [5.74, 6) is 0. The van der Waals surface area contributed by atoms with Gasteiger partial charge in [0, 0.05) is 0 Å². The van der Waals surface area contributed by atoms with E-state index >= 15 is 0 Å². The summed E-state index contributed by atoms with van der Waals surface area (Å²) in [5, 5.41) is 0. The van der Waals surface area contributed by atoms with Crippen LogP contribution in [-0.4, -0.2) is 16.2 Å². The molecule has 0 aliphatic heterocycles. The molecule has 0 fully saturated rings. The minimum absolute atomic E-state index is 0.413. The molecule has 1 aromatic rings. The number of aryl methyl sites for hydroxylation is 1. The number of benzene rings is 1. The van der Waals surface area contributed by atoms with Gasteiger partial charge in [-0.05, 0) is 19.1 Å². The van der Waals surface area contributed by atoms with E-state index in [9.17, 15) is 9.11 Å². The van der Waals surface area contributed by atoms with Gasteiger partial charge in [-0.2, -0.15) is 0 Å². The van der Waals surface area contributed by atoms with E-state index in [-0.39, 0.29) is 0 Å². The summed E-state index contributed by atoms with van der Waals surface area (Å²) in [6.07, 6.45) is 0. The fraction of sp³-hybridized carbons (Fsp3) is 0.250. The van der Waals surface area contributed by atoms with Crippen LogP contribution in [0.2, 0.25) is 0 Å². The van der Waals surface area contributed by atoms with Crippen LogP contribution in [0.1, 0.15) is 5.56 Å². The second kappa shape index (κ2) is 3.45. The van der Waals surface area contributed by atoms with Crippen LogP contribution < -0.4 is 0 Å². The fourth-order valence-corrected chi connectivity index (χ4v) is 1.49. The van der Waals surface area contributed by atoms with Crippen molar-refractivity contribution in [2.24, 2.45) is 0 Å². The van der Waals surface area contributed by atoms with Gasteiger partial charge in [0.1, 0.15) is 10.9 Å². The Morgan fingerprint density at radius 3 is 2.08 bits per heavy atom. The Kier molecular flexibility index (Phi) is 2.74. The Morgan fingerprint density at radius 2 is 1.67 bits per heavy atom. The van der Waals surface area contributed by atoms with Gasteiger partial charge in [-0.15, -0.1) is 0 Å². The van der Waals surface area contributed by atoms with Crippen LogP contribution >= 0.6 is 10.9 Å². The van der Waals surface area contributed by atoms with Gasteiger partial charge in [-0.1, -0.05) is 17.7 Å². The second-order valence-corrected chi connectivity index (χ2v) is 4.27. The molecule has 0 aliphatic rings. The van der Waals surface area contributed by atoms with E-state index in [2.05, 4.69) is 4.18 Å². The molecule has 0 bridgehead atoms. The van der Waals surface area contributed by atoms with E-state index in [4.69, 9.17) is 0 Å². The minimum Gasteiger partial charge on any atom is -0.304 e. The highest BCUT2D eigenvalue weighted by atomic mass is 32.3. The largest absolute Gasteiger partial charge is 0.304 e. The molecule has 2 N–H and O–H groups in total. The van der Waals surface area contributed by atoms with Gasteiger partial charge in [0.05, 0.1) is 12.0 Å². The molecular formula is C8H12O3S. The van der Waals surface area contributed by atoms with Crippen molar-refractivity contribution in [2.75, 3.05) is 7.11 Å². The molecule has 0 heterocycles. The highest BCUT2D eigenvalue weighted by Crippen LogP contribution is 2.47. The molecule has 0 saturated carbocycles. The van der Waals surface area contributed by atoms with Gasteiger partial charge in [0.15, 0.2) is 0 Å². The van der Waals surface area contributed by atoms with Gasteiger partial charge in [0.25, 0.3) is 0 Å². The Labute approximate surface area is 73.5 Å². The van der Waals surface area contributed by atoms with Gasteiger partial charge in [-0.3, -0.25) is 4.18 Å². The Morgan fingerprint density at radius 1 is 1.17 bits per heavy atom. The zero-order valence-corrected chi connectivity index (χ0v) is 7.84. The smallest absolute Gasteiger partial charge is 0.115 e. The second-order valence-electron chi connectivity index (χ2n) is 2.48. The van der Waals surface area contributed by atoms with Crippen molar-refractivity contribution in [3.63, 3.8) is 0 Å². The van der Waals surface area contributed by atoms with Crippen molar-refractivity contribution < 1.29 is 13.3 Å². The van der Waals surface area contributed by atoms with E-state index in [1.807, 2.05) is 19.1 Å². The van der Waals surface area contributed by atoms with Crippen LogP contribution in [0.5, 0.6) is 0 Å². The van der Waals surface area contributed by atoms with E-state index in [1.165, 1.54) is 7.11 Å². The minimum atomic E-state index is -3.01. The van der Waals surface area contributed by atoms with Gasteiger partial charge >= 0.3 is 0 Å². The molecule has 0 saturated heterocycles. The molecule has 0 unspecified atom stereocenters. The van der Waals surface area contributed by atoms with Crippen molar-refractivity contribution in [2.45, 2.75) is 11.8 Å². The average molecular weight is 188 g/mol. The lowest BCUT2D eigenvalue weighted by atomic mass is 10.2. The van der Waals surface area contributed by atoms with E-state index in [0.29, 0.717) is 4.90 Å². The molecule has 1 rings (SSSR count). The van der Waals surface area contributed by atoms with Gasteiger partial charge in [-0.25, -0.2) is 0 Å². The summed E-state index contributed by atoms with van der Waals surface area (Å²) in [6.45, 7) is 1.93. The first kappa shape index (κ1) is 9.54. The first-order chi connectivity index (χ1) is 5.56. The SMILES string of the molecule is COS(O)(O)c1ccc(C)cc1. The molecule has 0 radical (unpaired) electrons. The average Bonchev–Trinajstić information content (AvgIpc) is 2.05. The highest BCUT2D eigenvalue weighted by Gasteiger charge is 2.17. The maximum atomic E-state index is 9.30. The third-order valence-electron chi connectivity index (χ3n) is 1.56. The summed E-state index contributed by atoms with van der Waals surface area (Å²) < 4.78 is 23.2. The number of rotatable bonds is 2. The predicted octanol–water partition coefficient (Wildman–Crippen LogP) is 2.67. The Bertz CT molecular complexity index is 256. The van der Waals surface area contributed by atoms with E-state index in [1.54, 1.807) is 12.1 Å². The van der Waals surface area contributed by atoms with Gasteiger partial charge < -0.3 is 9.11 Å². The lowest BCUT2D eigenvalue weighted by Gasteiger charge is -2.24. The summed E-state index contributed by atoms with van der Waals surface area (Å²) >= 11 is 0. The number of hydrogen-bond donors (Lipinski definition) is 2. The molecule has 0 amide bonds. The fourth-order valence-electron chi connectivity index (χ4n) is 0.812. The predicted molar refractivity (Wildman–Crippen MR) is 49.3 cm³/mol. The van der Waals surface area contributed by atoms with Crippen molar-refractivity contribution >= 4 is 10.9 Å². The molecule has 0 atom stereocenters. The van der Waals surface area contributed by atoms with Crippen molar-refractivity contribution in [3.05, 3.63) is 29.8 Å². The third kappa shape index (κ3) is 1.98. The van der Waals surface area contributed by atoms with Crippen LogP contribution in [0.25, 0.3) is 0 Å². The normalized spacial score (nSPS) is 13.0. The third-order valence-corrected chi connectivity index (χ3v) is 2.91. The molecule has 68 valence electrons. The summed E-state index contributed by atoms with van der Waals surface area (Å²) in [6, 6.07) is 6.91. The molecule has 12 heavy (non-hydrogen) atoms. The van der Waals surface area contributed by atoms with Crippen molar-refractivity contribution in [1.82, 2.24) is 0 Å². The molecule has 4 heteroatoms. The molecule has 1 aromatic carbocycles. The van der Waals surface area contributed by atoms with Crippen LogP contribution in [0.4, 0.5) is 0 Å². The Hall–Kier alpha value is -0.550. The first-order valence-electron chi connectivity index (χ1n) is 3.47. The monoisotopic (exact) mass is 188 g/mol. The summed E-state index contributed by atoms with van der Waals surface area (Å²) in [7, 11) is -1.74. The highest BCUT2D eigenvalue weighted by molar-refractivity contribution is 8.20. The Balaban J connectivity index is 2.96. The van der Waals surface area contributed by atoms with Crippen LogP contribution in [0.15, 0.2) is 29.2 Å². The first-order valence-corrected chi connectivity index (χ1v) is 4.94. The molecule has 0 aromatic heterocycles. The van der Waals surface area contributed by atoms with Crippen LogP contribution in [0, 0.1) is 6.92 Å². The maximum Gasteiger partial charge on any atom is 0.115 e. The van der Waals surface area contributed by atoms with Crippen molar-refractivity contribution in [3.8, 4) is 0 Å². The summed E-state index contributed by atoms with van der Waals surface area (Å²) in [5.41, 5.74) is 1.07. The zero-order chi connectivity index (χ0) is 9.19. The van der Waals surface area contributed by atoms with E-state index < -0.39 is 10.9 Å². The zero-order valence-electron chi connectivity index (χ0n) is 7.02. The van der Waals surface area contributed by atoms with Crippen LogP contribution in [0.3, 0.4) is 0 Å². The lowest BCUT2D eigenvalue weighted by molar-refractivity contribution is 0.318. The number of hydrogen-bond acceptors (Lipinski definition) is 3. The standard InChI is InChI=1S/C8H12O3S/c1-7-3-5-8(6-4-7)12(9,10)11-2/h3-6,9-10H,1-2H3. The quantitative estimate of drug-likeness (QED) is 0.750. The van der Waals surface area contributed by atoms with E-state index in [0.717, 1.165) is 5.56 Å². The molecule has 0 spiro atoms. The maximum absolute atomic E-state index is 9.30. The van der Waals surface area contributed by atoms with Gasteiger partial charge in [0.2, 0.25) is 0 Å². The molecule has 0 aliphatic carbocycles. The van der Waals surface area contributed by atoms with Crippen molar-refractivity contribution in [1.29, 1.82) is 0 Å². The molecule has 3 nitrogen and oxygen atoms in total. The topological polar surface area (TPSA) is 49.7 Å².